The van der Waals surface area contributed by atoms with Crippen molar-refractivity contribution in [1.82, 2.24) is 16.0 Å². The van der Waals surface area contributed by atoms with Crippen LogP contribution in [-0.2, 0) is 19.2 Å². The number of amides is 3. The molecule has 16 heavy (non-hydrogen) atoms. The van der Waals surface area contributed by atoms with Crippen molar-refractivity contribution in [1.29, 1.82) is 0 Å². The van der Waals surface area contributed by atoms with Crippen LogP contribution in [0.25, 0.3) is 0 Å². The minimum absolute atomic E-state index is 0.221. The third kappa shape index (κ3) is 8.48. The lowest BCUT2D eigenvalue weighted by Gasteiger charge is -2.05. The molecular formula is C8H13N3O5. The number of carboxylic acids is 1. The van der Waals surface area contributed by atoms with Crippen molar-refractivity contribution in [3.8, 4) is 0 Å². The van der Waals surface area contributed by atoms with Crippen LogP contribution in [0.5, 0.6) is 0 Å². The Morgan fingerprint density at radius 2 is 1.31 bits per heavy atom. The summed E-state index contributed by atoms with van der Waals surface area (Å²) in [6, 6.07) is 0. The summed E-state index contributed by atoms with van der Waals surface area (Å²) in [5, 5.41) is 14.7. The normalized spacial score (nSPS) is 9.06. The summed E-state index contributed by atoms with van der Waals surface area (Å²) in [5.41, 5.74) is 0. The van der Waals surface area contributed by atoms with Gasteiger partial charge in [-0.25, -0.2) is 0 Å². The van der Waals surface area contributed by atoms with E-state index in [1.165, 1.54) is 6.92 Å². The molecule has 0 saturated heterocycles. The second-order valence-corrected chi connectivity index (χ2v) is 2.86. The molecule has 4 N–H and O–H groups in total. The van der Waals surface area contributed by atoms with Crippen LogP contribution in [0, 0.1) is 0 Å². The van der Waals surface area contributed by atoms with Gasteiger partial charge in [-0.3, -0.25) is 19.2 Å². The van der Waals surface area contributed by atoms with Crippen LogP contribution in [0.2, 0.25) is 0 Å². The monoisotopic (exact) mass is 231 g/mol. The first kappa shape index (κ1) is 13.9. The van der Waals surface area contributed by atoms with Crippen molar-refractivity contribution in [3.63, 3.8) is 0 Å². The summed E-state index contributed by atoms with van der Waals surface area (Å²) < 4.78 is 0. The fourth-order valence-electron chi connectivity index (χ4n) is 0.683. The van der Waals surface area contributed by atoms with Gasteiger partial charge in [0.2, 0.25) is 17.7 Å². The van der Waals surface area contributed by atoms with Gasteiger partial charge in [0.05, 0.1) is 13.1 Å². The molecule has 0 bridgehead atoms. The zero-order chi connectivity index (χ0) is 12.6. The molecule has 0 aromatic carbocycles. The fourth-order valence-corrected chi connectivity index (χ4v) is 0.683. The van der Waals surface area contributed by atoms with E-state index >= 15 is 0 Å². The lowest BCUT2D eigenvalue weighted by atomic mass is 10.5. The fraction of sp³-hybridized carbons (Fsp3) is 0.500. The zero-order valence-corrected chi connectivity index (χ0v) is 8.70. The first-order chi connectivity index (χ1) is 7.41. The van der Waals surface area contributed by atoms with Crippen molar-refractivity contribution in [2.45, 2.75) is 6.92 Å². The van der Waals surface area contributed by atoms with Gasteiger partial charge in [0.1, 0.15) is 6.54 Å². The Balaban J connectivity index is 3.63. The van der Waals surface area contributed by atoms with E-state index in [0.29, 0.717) is 0 Å². The molecule has 8 nitrogen and oxygen atoms in total. The molecular weight excluding hydrogens is 218 g/mol. The highest BCUT2D eigenvalue weighted by molar-refractivity contribution is 5.88. The van der Waals surface area contributed by atoms with E-state index in [9.17, 15) is 19.2 Å². The summed E-state index contributed by atoms with van der Waals surface area (Å²) in [7, 11) is 0. The molecule has 3 amide bonds. The van der Waals surface area contributed by atoms with Gasteiger partial charge in [-0.15, -0.1) is 0 Å². The number of carbonyl (C=O) groups is 4. The van der Waals surface area contributed by atoms with Crippen LogP contribution in [0.4, 0.5) is 0 Å². The van der Waals surface area contributed by atoms with Gasteiger partial charge in [0.15, 0.2) is 0 Å². The van der Waals surface area contributed by atoms with Crippen molar-refractivity contribution in [2.75, 3.05) is 19.6 Å². The Morgan fingerprint density at radius 3 is 1.75 bits per heavy atom. The second-order valence-electron chi connectivity index (χ2n) is 2.86. The third-order valence-electron chi connectivity index (χ3n) is 1.38. The highest BCUT2D eigenvalue weighted by Gasteiger charge is 2.06. The summed E-state index contributed by atoms with van der Waals surface area (Å²) in [5.74, 6) is -2.66. The molecule has 0 aromatic heterocycles. The number of nitrogens with one attached hydrogen (secondary N) is 3. The van der Waals surface area contributed by atoms with Crippen molar-refractivity contribution in [2.24, 2.45) is 0 Å². The van der Waals surface area contributed by atoms with E-state index in [0.717, 1.165) is 0 Å². The van der Waals surface area contributed by atoms with Crippen molar-refractivity contribution < 1.29 is 24.3 Å². The average Bonchev–Trinajstić information content (AvgIpc) is 2.20. The van der Waals surface area contributed by atoms with Gasteiger partial charge >= 0.3 is 5.97 Å². The maximum Gasteiger partial charge on any atom is 0.322 e. The number of rotatable bonds is 6. The topological polar surface area (TPSA) is 125 Å². The highest BCUT2D eigenvalue weighted by atomic mass is 16.4. The van der Waals surface area contributed by atoms with Gasteiger partial charge < -0.3 is 21.1 Å². The summed E-state index contributed by atoms with van der Waals surface area (Å²) >= 11 is 0. The van der Waals surface area contributed by atoms with Gasteiger partial charge in [0, 0.05) is 6.92 Å². The predicted molar refractivity (Wildman–Crippen MR) is 52.3 cm³/mol. The van der Waals surface area contributed by atoms with E-state index in [4.69, 9.17) is 5.11 Å². The van der Waals surface area contributed by atoms with Crippen LogP contribution in [0.1, 0.15) is 6.92 Å². The Bertz CT molecular complexity index is 272. The van der Waals surface area contributed by atoms with Crippen LogP contribution < -0.4 is 16.0 Å². The summed E-state index contributed by atoms with van der Waals surface area (Å²) in [6.45, 7) is 0.209. The van der Waals surface area contributed by atoms with Gasteiger partial charge in [-0.1, -0.05) is 0 Å². The van der Waals surface area contributed by atoms with Crippen molar-refractivity contribution >= 4 is 23.7 Å². The van der Waals surface area contributed by atoms with Gasteiger partial charge in [-0.2, -0.15) is 0 Å². The molecule has 0 radical (unpaired) electrons. The number of aliphatic carboxylic acids is 1. The Labute approximate surface area is 91.4 Å². The number of hydrogen-bond acceptors (Lipinski definition) is 4. The van der Waals surface area contributed by atoms with Crippen LogP contribution in [0.3, 0.4) is 0 Å². The van der Waals surface area contributed by atoms with Crippen LogP contribution in [0.15, 0.2) is 0 Å². The molecule has 0 aliphatic rings. The number of carbonyl (C=O) groups excluding carboxylic acids is 3. The lowest BCUT2D eigenvalue weighted by Crippen LogP contribution is -2.42. The maximum atomic E-state index is 11.0. The molecule has 0 rings (SSSR count). The van der Waals surface area contributed by atoms with Crippen molar-refractivity contribution in [3.05, 3.63) is 0 Å². The molecule has 0 saturated carbocycles. The largest absolute Gasteiger partial charge is 0.480 e. The Kier molecular flexibility index (Phi) is 6.25. The Morgan fingerprint density at radius 1 is 0.875 bits per heavy atom. The van der Waals surface area contributed by atoms with E-state index in [-0.39, 0.29) is 19.0 Å². The average molecular weight is 231 g/mol. The lowest BCUT2D eigenvalue weighted by molar-refractivity contribution is -0.137. The molecule has 0 atom stereocenters. The van der Waals surface area contributed by atoms with Crippen LogP contribution >= 0.6 is 0 Å². The molecule has 0 spiro atoms. The highest BCUT2D eigenvalue weighted by Crippen LogP contribution is 1.69. The maximum absolute atomic E-state index is 11.0. The minimum atomic E-state index is -1.17. The molecule has 0 aliphatic carbocycles. The predicted octanol–water partition coefficient (Wildman–Crippen LogP) is -2.56. The smallest absolute Gasteiger partial charge is 0.322 e. The first-order valence-electron chi connectivity index (χ1n) is 4.41. The SMILES string of the molecule is CC(=O)NCC(=O)NCC(=O)NCC(=O)O. The Hall–Kier alpha value is -2.12. The van der Waals surface area contributed by atoms with E-state index in [1.54, 1.807) is 0 Å². The minimum Gasteiger partial charge on any atom is -0.480 e. The van der Waals surface area contributed by atoms with E-state index in [1.807, 2.05) is 0 Å². The molecule has 8 heteroatoms. The van der Waals surface area contributed by atoms with E-state index < -0.39 is 24.3 Å². The van der Waals surface area contributed by atoms with Gasteiger partial charge in [0.25, 0.3) is 0 Å². The molecule has 0 aromatic rings. The van der Waals surface area contributed by atoms with Gasteiger partial charge in [-0.05, 0) is 0 Å². The molecule has 0 aliphatic heterocycles. The quantitative estimate of drug-likeness (QED) is 0.400. The number of carboxylic acid groups (broad SMARTS) is 1. The molecule has 90 valence electrons. The number of hydrogen-bond donors (Lipinski definition) is 4. The molecule has 0 fully saturated rings. The van der Waals surface area contributed by atoms with E-state index in [2.05, 4.69) is 16.0 Å². The molecule has 0 heterocycles. The van der Waals surface area contributed by atoms with Crippen LogP contribution in [-0.4, -0.2) is 48.4 Å². The standard InChI is InChI=1S/C8H13N3O5/c1-5(12)9-2-6(13)10-3-7(14)11-4-8(15)16/h2-4H2,1H3,(H,9,12)(H,10,13)(H,11,14)(H,15,16). The summed E-state index contributed by atoms with van der Waals surface area (Å²) in [4.78, 5) is 42.4. The molecule has 0 unspecified atom stereocenters. The summed E-state index contributed by atoms with van der Waals surface area (Å²) in [6.07, 6.45) is 0. The first-order valence-corrected chi connectivity index (χ1v) is 4.41. The third-order valence-corrected chi connectivity index (χ3v) is 1.38. The second kappa shape index (κ2) is 7.21. The zero-order valence-electron chi connectivity index (χ0n) is 8.70.